The average molecular weight is 339 g/mol. The summed E-state index contributed by atoms with van der Waals surface area (Å²) in [6, 6.07) is 12.2. The summed E-state index contributed by atoms with van der Waals surface area (Å²) in [6.07, 6.45) is 2.71. The van der Waals surface area contributed by atoms with Crippen LogP contribution < -0.4 is 5.32 Å². The maximum absolute atomic E-state index is 12.3. The number of rotatable bonds is 6. The zero-order valence-corrected chi connectivity index (χ0v) is 14.0. The Hall–Kier alpha value is -2.69. The van der Waals surface area contributed by atoms with Crippen LogP contribution in [0.4, 0.5) is 0 Å². The quantitative estimate of drug-likeness (QED) is 0.841. The third-order valence-electron chi connectivity index (χ3n) is 4.09. The van der Waals surface area contributed by atoms with Crippen molar-refractivity contribution in [2.75, 3.05) is 26.2 Å². The number of nitriles is 1. The predicted molar refractivity (Wildman–Crippen MR) is 91.4 cm³/mol. The Labute approximate surface area is 146 Å². The first-order valence-electron chi connectivity index (χ1n) is 8.33. The Morgan fingerprint density at radius 2 is 2.24 bits per heavy atom. The highest BCUT2D eigenvalue weighted by molar-refractivity contribution is 5.81. The molecule has 7 nitrogen and oxygen atoms in total. The lowest BCUT2D eigenvalue weighted by molar-refractivity contribution is -0.138. The van der Waals surface area contributed by atoms with Crippen molar-refractivity contribution in [2.24, 2.45) is 0 Å². The summed E-state index contributed by atoms with van der Waals surface area (Å²) in [5.41, 5.74) is 1.74. The third kappa shape index (κ3) is 4.89. The second kappa shape index (κ2) is 8.42. The highest BCUT2D eigenvalue weighted by atomic mass is 16.5. The lowest BCUT2D eigenvalue weighted by atomic mass is 10.2. The van der Waals surface area contributed by atoms with E-state index in [0.29, 0.717) is 31.8 Å². The summed E-state index contributed by atoms with van der Waals surface area (Å²) in [6.45, 7) is 3.75. The molecule has 1 atom stereocenters. The van der Waals surface area contributed by atoms with E-state index in [1.807, 2.05) is 24.3 Å². The molecule has 130 valence electrons. The second-order valence-corrected chi connectivity index (χ2v) is 5.98. The molecule has 0 radical (unpaired) electrons. The van der Waals surface area contributed by atoms with Crippen LogP contribution in [-0.4, -0.2) is 52.9 Å². The number of hydrogen-bond acceptors (Lipinski definition) is 5. The Morgan fingerprint density at radius 1 is 1.40 bits per heavy atom. The predicted octanol–water partition coefficient (Wildman–Crippen LogP) is 0.772. The maximum Gasteiger partial charge on any atom is 0.250 e. The fourth-order valence-electron chi connectivity index (χ4n) is 2.80. The number of carbonyl (C=O) groups excluding carboxylic acids is 1. The molecule has 1 N–H and O–H groups in total. The van der Waals surface area contributed by atoms with E-state index >= 15 is 0 Å². The minimum Gasteiger partial charge on any atom is -0.366 e. The molecule has 1 aromatic heterocycles. The highest BCUT2D eigenvalue weighted by Gasteiger charge is 2.26. The van der Waals surface area contributed by atoms with E-state index in [2.05, 4.69) is 27.4 Å². The number of nitrogens with one attached hydrogen (secondary N) is 1. The van der Waals surface area contributed by atoms with Crippen LogP contribution in [0, 0.1) is 11.3 Å². The highest BCUT2D eigenvalue weighted by Crippen LogP contribution is 2.10. The zero-order valence-electron chi connectivity index (χ0n) is 14.0. The number of ether oxygens (including phenoxy) is 1. The Morgan fingerprint density at radius 3 is 3.00 bits per heavy atom. The molecule has 2 heterocycles. The Balaban J connectivity index is 1.44. The summed E-state index contributed by atoms with van der Waals surface area (Å²) in [5, 5.41) is 15.7. The van der Waals surface area contributed by atoms with Gasteiger partial charge in [0.15, 0.2) is 0 Å². The molecule has 1 amide bonds. The number of nitrogens with zero attached hydrogens (tertiary/aromatic N) is 4. The van der Waals surface area contributed by atoms with Gasteiger partial charge in [0.05, 0.1) is 24.9 Å². The van der Waals surface area contributed by atoms with Gasteiger partial charge in [-0.25, -0.2) is 0 Å². The smallest absolute Gasteiger partial charge is 0.250 e. The number of amides is 1. The van der Waals surface area contributed by atoms with Crippen molar-refractivity contribution in [3.05, 3.63) is 53.9 Å². The van der Waals surface area contributed by atoms with Crippen LogP contribution in [0.3, 0.4) is 0 Å². The number of hydrogen-bond donors (Lipinski definition) is 1. The van der Waals surface area contributed by atoms with Crippen molar-refractivity contribution in [2.45, 2.75) is 19.2 Å². The van der Waals surface area contributed by atoms with Crippen LogP contribution in [0.15, 0.2) is 42.7 Å². The molecular weight excluding hydrogens is 318 g/mol. The van der Waals surface area contributed by atoms with Gasteiger partial charge < -0.3 is 10.1 Å². The molecule has 1 unspecified atom stereocenters. The normalized spacial score (nSPS) is 17.8. The monoisotopic (exact) mass is 339 g/mol. The average Bonchev–Trinajstić information content (AvgIpc) is 3.11. The molecule has 1 saturated heterocycles. The van der Waals surface area contributed by atoms with Crippen molar-refractivity contribution >= 4 is 5.91 Å². The molecule has 0 aliphatic carbocycles. The molecule has 3 rings (SSSR count). The first-order valence-corrected chi connectivity index (χ1v) is 8.33. The summed E-state index contributed by atoms with van der Waals surface area (Å²) >= 11 is 0. The molecular formula is C18H21N5O2. The van der Waals surface area contributed by atoms with Crippen LogP contribution in [0.2, 0.25) is 0 Å². The first kappa shape index (κ1) is 17.1. The lowest BCUT2D eigenvalue weighted by Crippen LogP contribution is -2.49. The topological polar surface area (TPSA) is 83.2 Å². The first-order chi connectivity index (χ1) is 12.2. The van der Waals surface area contributed by atoms with Crippen LogP contribution in [0.5, 0.6) is 0 Å². The molecule has 1 aromatic carbocycles. The second-order valence-electron chi connectivity index (χ2n) is 5.98. The van der Waals surface area contributed by atoms with Gasteiger partial charge in [-0.3, -0.25) is 14.4 Å². The van der Waals surface area contributed by atoms with Crippen LogP contribution in [0.1, 0.15) is 11.1 Å². The molecule has 0 bridgehead atoms. The minimum atomic E-state index is -0.454. The van der Waals surface area contributed by atoms with Crippen molar-refractivity contribution in [1.29, 1.82) is 5.26 Å². The zero-order chi connectivity index (χ0) is 17.5. The summed E-state index contributed by atoms with van der Waals surface area (Å²) in [5.74, 6) is -0.106. The molecule has 1 aliphatic heterocycles. The minimum absolute atomic E-state index is 0.106. The van der Waals surface area contributed by atoms with E-state index in [-0.39, 0.29) is 5.91 Å². The molecule has 0 spiro atoms. The molecule has 0 saturated carbocycles. The van der Waals surface area contributed by atoms with Gasteiger partial charge in [0, 0.05) is 32.4 Å². The van der Waals surface area contributed by atoms with Crippen molar-refractivity contribution in [3.63, 3.8) is 0 Å². The maximum atomic E-state index is 12.3. The molecule has 2 aromatic rings. The standard InChI is InChI=1S/C18H21N5O2/c19-10-16-11-21-23(13-16)7-6-20-18(24)17-14-22(8-9-25-17)12-15-4-2-1-3-5-15/h1-5,11,13,17H,6-9,12,14H2,(H,20,24). The summed E-state index contributed by atoms with van der Waals surface area (Å²) in [4.78, 5) is 14.5. The fraction of sp³-hybridized carbons (Fsp3) is 0.389. The fourth-order valence-corrected chi connectivity index (χ4v) is 2.80. The van der Waals surface area contributed by atoms with Crippen molar-refractivity contribution in [3.8, 4) is 6.07 Å². The molecule has 1 aliphatic rings. The van der Waals surface area contributed by atoms with Gasteiger partial charge in [-0.1, -0.05) is 30.3 Å². The van der Waals surface area contributed by atoms with E-state index in [0.717, 1.165) is 13.1 Å². The van der Waals surface area contributed by atoms with Gasteiger partial charge in [-0.05, 0) is 5.56 Å². The van der Waals surface area contributed by atoms with E-state index in [9.17, 15) is 4.79 Å². The summed E-state index contributed by atoms with van der Waals surface area (Å²) in [7, 11) is 0. The van der Waals surface area contributed by atoms with E-state index < -0.39 is 6.10 Å². The summed E-state index contributed by atoms with van der Waals surface area (Å²) < 4.78 is 7.25. The molecule has 25 heavy (non-hydrogen) atoms. The van der Waals surface area contributed by atoms with E-state index in [1.165, 1.54) is 11.8 Å². The Bertz CT molecular complexity index is 737. The van der Waals surface area contributed by atoms with Crippen molar-refractivity contribution in [1.82, 2.24) is 20.0 Å². The SMILES string of the molecule is N#Cc1cnn(CCNC(=O)C2CN(Cc3ccccc3)CCO2)c1. The van der Waals surface area contributed by atoms with Gasteiger partial charge in [-0.15, -0.1) is 0 Å². The van der Waals surface area contributed by atoms with Crippen molar-refractivity contribution < 1.29 is 9.53 Å². The van der Waals surface area contributed by atoms with Gasteiger partial charge >= 0.3 is 0 Å². The number of benzene rings is 1. The molecule has 7 heteroatoms. The molecule has 1 fully saturated rings. The lowest BCUT2D eigenvalue weighted by Gasteiger charge is -2.32. The van der Waals surface area contributed by atoms with Crippen LogP contribution in [-0.2, 0) is 22.6 Å². The number of aromatic nitrogens is 2. The number of carbonyl (C=O) groups is 1. The Kier molecular flexibility index (Phi) is 5.77. The van der Waals surface area contributed by atoms with Gasteiger partial charge in [0.25, 0.3) is 5.91 Å². The third-order valence-corrected chi connectivity index (χ3v) is 4.09. The number of morpholine rings is 1. The van der Waals surface area contributed by atoms with Gasteiger partial charge in [0.2, 0.25) is 0 Å². The largest absolute Gasteiger partial charge is 0.366 e. The van der Waals surface area contributed by atoms with Gasteiger partial charge in [-0.2, -0.15) is 10.4 Å². The van der Waals surface area contributed by atoms with E-state index in [4.69, 9.17) is 10.00 Å². The van der Waals surface area contributed by atoms with Crippen LogP contribution >= 0.6 is 0 Å². The van der Waals surface area contributed by atoms with Crippen LogP contribution in [0.25, 0.3) is 0 Å². The van der Waals surface area contributed by atoms with Gasteiger partial charge in [0.1, 0.15) is 12.2 Å². The van der Waals surface area contributed by atoms with E-state index in [1.54, 1.807) is 10.9 Å².